The summed E-state index contributed by atoms with van der Waals surface area (Å²) in [6, 6.07) is 0. The SMILES string of the molecule is C/C=C\C1=CC=CC=CC1C. The minimum atomic E-state index is 0.543. The molecule has 1 aliphatic carbocycles. The van der Waals surface area contributed by atoms with Gasteiger partial charge in [0.15, 0.2) is 0 Å². The Morgan fingerprint density at radius 1 is 1.27 bits per heavy atom. The molecule has 1 atom stereocenters. The second-order valence-corrected chi connectivity index (χ2v) is 2.73. The minimum Gasteiger partial charge on any atom is -0.0874 e. The molecule has 1 aliphatic rings. The van der Waals surface area contributed by atoms with Gasteiger partial charge in [-0.05, 0) is 18.4 Å². The highest BCUT2D eigenvalue weighted by atomic mass is 14.1. The Morgan fingerprint density at radius 3 is 2.82 bits per heavy atom. The number of allylic oxidation sites excluding steroid dienone is 8. The van der Waals surface area contributed by atoms with Gasteiger partial charge in [-0.1, -0.05) is 49.5 Å². The molecule has 0 amide bonds. The van der Waals surface area contributed by atoms with E-state index in [9.17, 15) is 0 Å². The van der Waals surface area contributed by atoms with Gasteiger partial charge in [0.25, 0.3) is 0 Å². The molecule has 0 nitrogen and oxygen atoms in total. The monoisotopic (exact) mass is 146 g/mol. The van der Waals surface area contributed by atoms with E-state index < -0.39 is 0 Å². The lowest BCUT2D eigenvalue weighted by Crippen LogP contribution is -1.90. The van der Waals surface area contributed by atoms with Gasteiger partial charge in [-0.15, -0.1) is 0 Å². The average molecular weight is 146 g/mol. The van der Waals surface area contributed by atoms with Crippen molar-refractivity contribution in [1.82, 2.24) is 0 Å². The van der Waals surface area contributed by atoms with E-state index in [-0.39, 0.29) is 0 Å². The molecule has 1 unspecified atom stereocenters. The molecule has 0 aromatic rings. The maximum absolute atomic E-state index is 2.20. The first-order valence-electron chi connectivity index (χ1n) is 4.02. The maximum Gasteiger partial charge on any atom is -0.000744 e. The van der Waals surface area contributed by atoms with E-state index in [0.29, 0.717) is 5.92 Å². The van der Waals surface area contributed by atoms with Crippen LogP contribution in [-0.2, 0) is 0 Å². The fourth-order valence-electron chi connectivity index (χ4n) is 1.12. The van der Waals surface area contributed by atoms with Crippen molar-refractivity contribution in [1.29, 1.82) is 0 Å². The molecule has 0 fully saturated rings. The Kier molecular flexibility index (Phi) is 2.91. The van der Waals surface area contributed by atoms with Crippen LogP contribution in [0.2, 0.25) is 0 Å². The molecular formula is C11H14. The van der Waals surface area contributed by atoms with E-state index in [1.165, 1.54) is 5.57 Å². The molecule has 0 aromatic heterocycles. The molecule has 0 heteroatoms. The molecule has 0 aliphatic heterocycles. The van der Waals surface area contributed by atoms with Crippen LogP contribution < -0.4 is 0 Å². The van der Waals surface area contributed by atoms with E-state index in [2.05, 4.69) is 49.5 Å². The van der Waals surface area contributed by atoms with Gasteiger partial charge in [-0.3, -0.25) is 0 Å². The summed E-state index contributed by atoms with van der Waals surface area (Å²) in [7, 11) is 0. The molecule has 0 bridgehead atoms. The third-order valence-electron chi connectivity index (χ3n) is 1.80. The lowest BCUT2D eigenvalue weighted by Gasteiger charge is -2.04. The second-order valence-electron chi connectivity index (χ2n) is 2.73. The van der Waals surface area contributed by atoms with Crippen LogP contribution in [0.5, 0.6) is 0 Å². The molecule has 11 heavy (non-hydrogen) atoms. The third-order valence-corrected chi connectivity index (χ3v) is 1.80. The molecule has 0 spiro atoms. The van der Waals surface area contributed by atoms with E-state index in [0.717, 1.165) is 0 Å². The molecule has 1 rings (SSSR count). The topological polar surface area (TPSA) is 0 Å². The van der Waals surface area contributed by atoms with Gasteiger partial charge in [0.1, 0.15) is 0 Å². The quantitative estimate of drug-likeness (QED) is 0.532. The predicted molar refractivity (Wildman–Crippen MR) is 50.3 cm³/mol. The third kappa shape index (κ3) is 2.23. The van der Waals surface area contributed by atoms with Crippen LogP contribution in [0.25, 0.3) is 0 Å². The summed E-state index contributed by atoms with van der Waals surface area (Å²) in [5.74, 6) is 0.543. The molecule has 0 N–H and O–H groups in total. The van der Waals surface area contributed by atoms with E-state index in [1.54, 1.807) is 0 Å². The van der Waals surface area contributed by atoms with Gasteiger partial charge in [0.05, 0.1) is 0 Å². The second kappa shape index (κ2) is 3.97. The number of hydrogen-bond donors (Lipinski definition) is 0. The van der Waals surface area contributed by atoms with Crippen LogP contribution in [-0.4, -0.2) is 0 Å². The van der Waals surface area contributed by atoms with Crippen molar-refractivity contribution < 1.29 is 0 Å². The van der Waals surface area contributed by atoms with Crippen molar-refractivity contribution in [2.75, 3.05) is 0 Å². The average Bonchev–Trinajstić information content (AvgIpc) is 2.18. The zero-order valence-electron chi connectivity index (χ0n) is 7.12. The summed E-state index contributed by atoms with van der Waals surface area (Å²) < 4.78 is 0. The van der Waals surface area contributed by atoms with Gasteiger partial charge < -0.3 is 0 Å². The zero-order chi connectivity index (χ0) is 8.10. The Balaban J connectivity index is 2.83. The van der Waals surface area contributed by atoms with Crippen molar-refractivity contribution in [2.45, 2.75) is 13.8 Å². The van der Waals surface area contributed by atoms with Crippen LogP contribution >= 0.6 is 0 Å². The first-order chi connectivity index (χ1) is 5.34. The van der Waals surface area contributed by atoms with Crippen molar-refractivity contribution in [3.8, 4) is 0 Å². The lowest BCUT2D eigenvalue weighted by molar-refractivity contribution is 0.893. The highest BCUT2D eigenvalue weighted by Gasteiger charge is 2.00. The Labute approximate surface area is 68.6 Å². The van der Waals surface area contributed by atoms with E-state index in [4.69, 9.17) is 0 Å². The van der Waals surface area contributed by atoms with E-state index >= 15 is 0 Å². The maximum atomic E-state index is 2.20. The summed E-state index contributed by atoms with van der Waals surface area (Å²) in [6.07, 6.45) is 14.8. The van der Waals surface area contributed by atoms with Crippen LogP contribution in [0.1, 0.15) is 13.8 Å². The molecule has 0 saturated carbocycles. The van der Waals surface area contributed by atoms with Gasteiger partial charge >= 0.3 is 0 Å². The Hall–Kier alpha value is -1.04. The highest BCUT2D eigenvalue weighted by molar-refractivity contribution is 5.32. The molecule has 0 heterocycles. The van der Waals surface area contributed by atoms with Gasteiger partial charge in [-0.25, -0.2) is 0 Å². The normalized spacial score (nSPS) is 23.8. The summed E-state index contributed by atoms with van der Waals surface area (Å²) in [5.41, 5.74) is 1.37. The lowest BCUT2D eigenvalue weighted by atomic mass is 10.0. The van der Waals surface area contributed by atoms with E-state index in [1.807, 2.05) is 6.92 Å². The Bertz CT molecular complexity index is 226. The summed E-state index contributed by atoms with van der Waals surface area (Å²) in [6.45, 7) is 4.25. The standard InChI is InChI=1S/C11H14/c1-3-7-11-9-6-4-5-8-10(11)2/h3-10H,1-2H3/b7-3-. The van der Waals surface area contributed by atoms with Gasteiger partial charge in [0.2, 0.25) is 0 Å². The molecule has 0 aromatic carbocycles. The summed E-state index contributed by atoms with van der Waals surface area (Å²) >= 11 is 0. The Morgan fingerprint density at radius 2 is 2.09 bits per heavy atom. The minimum absolute atomic E-state index is 0.543. The van der Waals surface area contributed by atoms with Crippen LogP contribution in [0.15, 0.2) is 48.1 Å². The number of rotatable bonds is 1. The fourth-order valence-corrected chi connectivity index (χ4v) is 1.12. The molecule has 58 valence electrons. The predicted octanol–water partition coefficient (Wildman–Crippen LogP) is 3.25. The zero-order valence-corrected chi connectivity index (χ0v) is 7.12. The molecule has 0 radical (unpaired) electrons. The smallest absolute Gasteiger partial charge is 0.000744 e. The van der Waals surface area contributed by atoms with Crippen LogP contribution in [0.4, 0.5) is 0 Å². The highest BCUT2D eigenvalue weighted by Crippen LogP contribution is 2.15. The molecule has 0 saturated heterocycles. The molecular weight excluding hydrogens is 132 g/mol. The largest absolute Gasteiger partial charge is 0.0874 e. The fraction of sp³-hybridized carbons (Fsp3) is 0.273. The first kappa shape index (κ1) is 8.06. The summed E-state index contributed by atoms with van der Waals surface area (Å²) in [5, 5.41) is 0. The van der Waals surface area contributed by atoms with Crippen molar-refractivity contribution >= 4 is 0 Å². The van der Waals surface area contributed by atoms with Gasteiger partial charge in [-0.2, -0.15) is 0 Å². The number of hydrogen-bond acceptors (Lipinski definition) is 0. The van der Waals surface area contributed by atoms with Crippen molar-refractivity contribution in [2.24, 2.45) is 5.92 Å². The first-order valence-corrected chi connectivity index (χ1v) is 4.02. The van der Waals surface area contributed by atoms with Crippen molar-refractivity contribution in [3.05, 3.63) is 48.1 Å². The summed E-state index contributed by atoms with van der Waals surface area (Å²) in [4.78, 5) is 0. The van der Waals surface area contributed by atoms with Gasteiger partial charge in [0, 0.05) is 0 Å². The van der Waals surface area contributed by atoms with Crippen LogP contribution in [0.3, 0.4) is 0 Å². The van der Waals surface area contributed by atoms with Crippen LogP contribution in [0, 0.1) is 5.92 Å². The van der Waals surface area contributed by atoms with Crippen molar-refractivity contribution in [3.63, 3.8) is 0 Å².